The number of hydrogen-bond acceptors (Lipinski definition) is 3. The van der Waals surface area contributed by atoms with Crippen molar-refractivity contribution in [1.82, 2.24) is 5.43 Å². The second kappa shape index (κ2) is 2.26. The van der Waals surface area contributed by atoms with Crippen molar-refractivity contribution >= 4 is 0 Å². The molecule has 0 aromatic rings. The molecule has 42 valence electrons. The summed E-state index contributed by atoms with van der Waals surface area (Å²) in [6.45, 7) is 1.70. The average Bonchev–Trinajstić information content (AvgIpc) is 1.55. The molecule has 3 heteroatoms. The summed E-state index contributed by atoms with van der Waals surface area (Å²) in [6, 6.07) is 0. The van der Waals surface area contributed by atoms with E-state index in [4.69, 9.17) is 10.6 Å². The zero-order chi connectivity index (χ0) is 5.11. The van der Waals surface area contributed by atoms with E-state index in [9.17, 15) is 0 Å². The highest BCUT2D eigenvalue weighted by atomic mass is 16.5. The highest BCUT2D eigenvalue weighted by Gasteiger charge is 2.15. The van der Waals surface area contributed by atoms with Crippen LogP contribution in [0.1, 0.15) is 6.42 Å². The predicted molar refractivity (Wildman–Crippen MR) is 26.5 cm³/mol. The predicted octanol–water partition coefficient (Wildman–Crippen LogP) is -0.761. The smallest absolute Gasteiger partial charge is 0.0735 e. The largest absolute Gasteiger partial charge is 0.377 e. The first-order valence-electron chi connectivity index (χ1n) is 2.48. The number of nitrogens with two attached hydrogens (primary N) is 1. The summed E-state index contributed by atoms with van der Waals surface area (Å²) in [4.78, 5) is 0. The standard InChI is InChI=1S/C4H10N2O/c5-6-3-4-1-2-7-4/h4,6H,1-3,5H2. The zero-order valence-electron chi connectivity index (χ0n) is 4.18. The summed E-state index contributed by atoms with van der Waals surface area (Å²) in [5.74, 6) is 5.01. The summed E-state index contributed by atoms with van der Waals surface area (Å²) in [7, 11) is 0. The van der Waals surface area contributed by atoms with Crippen LogP contribution in [0.3, 0.4) is 0 Å². The molecule has 1 atom stereocenters. The zero-order valence-corrected chi connectivity index (χ0v) is 4.18. The Balaban J connectivity index is 1.93. The third-order valence-electron chi connectivity index (χ3n) is 1.14. The highest BCUT2D eigenvalue weighted by molar-refractivity contribution is 4.66. The molecule has 0 bridgehead atoms. The molecular weight excluding hydrogens is 92.1 g/mol. The van der Waals surface area contributed by atoms with Crippen LogP contribution in [-0.2, 0) is 4.74 Å². The molecule has 1 fully saturated rings. The molecule has 1 rings (SSSR count). The van der Waals surface area contributed by atoms with Crippen LogP contribution in [0.2, 0.25) is 0 Å². The third kappa shape index (κ3) is 1.12. The monoisotopic (exact) mass is 102 g/mol. The molecule has 0 aromatic carbocycles. The average molecular weight is 102 g/mol. The van der Waals surface area contributed by atoms with E-state index in [2.05, 4.69) is 5.43 Å². The Kier molecular flexibility index (Phi) is 1.62. The molecular formula is C4H10N2O. The Morgan fingerprint density at radius 1 is 1.86 bits per heavy atom. The summed E-state index contributed by atoms with van der Waals surface area (Å²) in [6.07, 6.45) is 1.55. The summed E-state index contributed by atoms with van der Waals surface area (Å²) in [5, 5.41) is 0. The summed E-state index contributed by atoms with van der Waals surface area (Å²) < 4.78 is 5.03. The Morgan fingerprint density at radius 3 is 2.71 bits per heavy atom. The van der Waals surface area contributed by atoms with Gasteiger partial charge in [-0.2, -0.15) is 0 Å². The van der Waals surface area contributed by atoms with Crippen LogP contribution >= 0.6 is 0 Å². The van der Waals surface area contributed by atoms with Gasteiger partial charge in [-0.25, -0.2) is 0 Å². The normalized spacial score (nSPS) is 29.6. The number of hydrazine groups is 1. The van der Waals surface area contributed by atoms with Gasteiger partial charge in [0.1, 0.15) is 0 Å². The molecule has 1 heterocycles. The van der Waals surface area contributed by atoms with Crippen molar-refractivity contribution < 1.29 is 4.74 Å². The SMILES string of the molecule is NNCC1CCO1. The molecule has 0 saturated carbocycles. The lowest BCUT2D eigenvalue weighted by Crippen LogP contribution is -2.39. The van der Waals surface area contributed by atoms with Gasteiger partial charge < -0.3 is 4.74 Å². The van der Waals surface area contributed by atoms with Gasteiger partial charge in [0.25, 0.3) is 0 Å². The van der Waals surface area contributed by atoms with Crippen molar-refractivity contribution in [2.75, 3.05) is 13.2 Å². The van der Waals surface area contributed by atoms with E-state index < -0.39 is 0 Å². The Bertz CT molecular complexity index is 53.7. The molecule has 1 saturated heterocycles. The van der Waals surface area contributed by atoms with Gasteiger partial charge in [0.15, 0.2) is 0 Å². The highest BCUT2D eigenvalue weighted by Crippen LogP contribution is 2.07. The van der Waals surface area contributed by atoms with E-state index in [0.717, 1.165) is 19.6 Å². The van der Waals surface area contributed by atoms with Crippen LogP contribution in [-0.4, -0.2) is 19.3 Å². The fourth-order valence-corrected chi connectivity index (χ4v) is 0.577. The van der Waals surface area contributed by atoms with Crippen LogP contribution in [0.5, 0.6) is 0 Å². The van der Waals surface area contributed by atoms with Crippen LogP contribution in [0.15, 0.2) is 0 Å². The lowest BCUT2D eigenvalue weighted by molar-refractivity contribution is -0.0482. The first kappa shape index (κ1) is 5.03. The molecule has 0 amide bonds. The maximum Gasteiger partial charge on any atom is 0.0735 e. The van der Waals surface area contributed by atoms with Gasteiger partial charge in [0, 0.05) is 13.2 Å². The van der Waals surface area contributed by atoms with E-state index in [-0.39, 0.29) is 0 Å². The molecule has 3 N–H and O–H groups in total. The molecule has 1 aliphatic rings. The number of nitrogens with one attached hydrogen (secondary N) is 1. The van der Waals surface area contributed by atoms with Crippen LogP contribution in [0.4, 0.5) is 0 Å². The minimum atomic E-state index is 0.394. The fraction of sp³-hybridized carbons (Fsp3) is 1.00. The molecule has 1 unspecified atom stereocenters. The van der Waals surface area contributed by atoms with E-state index in [1.54, 1.807) is 0 Å². The summed E-state index contributed by atoms with van der Waals surface area (Å²) in [5.41, 5.74) is 2.54. The first-order valence-corrected chi connectivity index (χ1v) is 2.48. The van der Waals surface area contributed by atoms with Gasteiger partial charge in [-0.15, -0.1) is 0 Å². The Morgan fingerprint density at radius 2 is 2.57 bits per heavy atom. The molecule has 3 nitrogen and oxygen atoms in total. The molecule has 0 spiro atoms. The van der Waals surface area contributed by atoms with Gasteiger partial charge in [0.2, 0.25) is 0 Å². The van der Waals surface area contributed by atoms with E-state index >= 15 is 0 Å². The Hall–Kier alpha value is -0.120. The third-order valence-corrected chi connectivity index (χ3v) is 1.14. The van der Waals surface area contributed by atoms with E-state index in [1.165, 1.54) is 0 Å². The van der Waals surface area contributed by atoms with Crippen LogP contribution < -0.4 is 11.3 Å². The summed E-state index contributed by atoms with van der Waals surface area (Å²) >= 11 is 0. The van der Waals surface area contributed by atoms with Gasteiger partial charge in [0.05, 0.1) is 6.10 Å². The fourth-order valence-electron chi connectivity index (χ4n) is 0.577. The van der Waals surface area contributed by atoms with Crippen molar-refractivity contribution in [1.29, 1.82) is 0 Å². The molecule has 1 aliphatic heterocycles. The molecule has 7 heavy (non-hydrogen) atoms. The van der Waals surface area contributed by atoms with Crippen molar-refractivity contribution in [3.63, 3.8) is 0 Å². The molecule has 0 aromatic heterocycles. The van der Waals surface area contributed by atoms with Crippen molar-refractivity contribution in [2.24, 2.45) is 5.84 Å². The topological polar surface area (TPSA) is 47.3 Å². The lowest BCUT2D eigenvalue weighted by atomic mass is 10.2. The quantitative estimate of drug-likeness (QED) is 0.356. The van der Waals surface area contributed by atoms with Gasteiger partial charge in [-0.3, -0.25) is 11.3 Å². The van der Waals surface area contributed by atoms with Gasteiger partial charge in [-0.05, 0) is 6.42 Å². The van der Waals surface area contributed by atoms with E-state index in [0.29, 0.717) is 6.10 Å². The molecule has 0 aliphatic carbocycles. The van der Waals surface area contributed by atoms with Crippen molar-refractivity contribution in [3.8, 4) is 0 Å². The van der Waals surface area contributed by atoms with Crippen molar-refractivity contribution in [2.45, 2.75) is 12.5 Å². The minimum absolute atomic E-state index is 0.394. The number of hydrogen-bond donors (Lipinski definition) is 2. The van der Waals surface area contributed by atoms with E-state index in [1.807, 2.05) is 0 Å². The van der Waals surface area contributed by atoms with Gasteiger partial charge in [-0.1, -0.05) is 0 Å². The van der Waals surface area contributed by atoms with Crippen LogP contribution in [0.25, 0.3) is 0 Å². The van der Waals surface area contributed by atoms with Crippen LogP contribution in [0, 0.1) is 0 Å². The second-order valence-corrected chi connectivity index (χ2v) is 1.69. The minimum Gasteiger partial charge on any atom is -0.377 e. The Labute approximate surface area is 42.8 Å². The number of ether oxygens (including phenoxy) is 1. The second-order valence-electron chi connectivity index (χ2n) is 1.69. The van der Waals surface area contributed by atoms with Crippen molar-refractivity contribution in [3.05, 3.63) is 0 Å². The maximum atomic E-state index is 5.03. The maximum absolute atomic E-state index is 5.03. The lowest BCUT2D eigenvalue weighted by Gasteiger charge is -2.25. The number of rotatable bonds is 2. The first-order chi connectivity index (χ1) is 3.43. The molecule has 0 radical (unpaired) electrons. The van der Waals surface area contributed by atoms with Gasteiger partial charge >= 0.3 is 0 Å².